The van der Waals surface area contributed by atoms with E-state index < -0.39 is 9.84 Å². The van der Waals surface area contributed by atoms with Crippen molar-refractivity contribution in [1.82, 2.24) is 15.3 Å². The van der Waals surface area contributed by atoms with Gasteiger partial charge in [-0.25, -0.2) is 23.2 Å². The second-order valence-electron chi connectivity index (χ2n) is 7.89. The van der Waals surface area contributed by atoms with Gasteiger partial charge < -0.3 is 20.3 Å². The van der Waals surface area contributed by atoms with E-state index in [0.717, 1.165) is 29.9 Å². The van der Waals surface area contributed by atoms with Gasteiger partial charge in [0.15, 0.2) is 15.7 Å². The molecule has 2 fully saturated rings. The van der Waals surface area contributed by atoms with Crippen LogP contribution in [0, 0.1) is 0 Å². The van der Waals surface area contributed by atoms with Crippen molar-refractivity contribution in [3.05, 3.63) is 35.5 Å². The standard InChI is InChI=1S/C20H23N5O4S/c1-2-21-20(26)22-13-5-3-12(4-6-13)18-23-17-11-30(27,28)10-16(17)19(24-18)25-8-15-7-14(25)9-29-15/h3-6,14-15H,2,7-11H2,1H3,(H2,21,22,26)/t14-,15-/m0/s1. The topological polar surface area (TPSA) is 114 Å². The molecule has 158 valence electrons. The molecule has 3 aliphatic heterocycles. The number of benzene rings is 1. The maximum atomic E-state index is 12.3. The Hall–Kier alpha value is -2.72. The molecule has 2 saturated heterocycles. The lowest BCUT2D eigenvalue weighted by Gasteiger charge is -2.29. The summed E-state index contributed by atoms with van der Waals surface area (Å²) in [6.07, 6.45) is 1.13. The molecule has 0 saturated carbocycles. The highest BCUT2D eigenvalue weighted by atomic mass is 32.2. The molecule has 3 aliphatic rings. The van der Waals surface area contributed by atoms with Crippen molar-refractivity contribution in [2.75, 3.05) is 29.9 Å². The van der Waals surface area contributed by atoms with E-state index in [-0.39, 0.29) is 29.7 Å². The third-order valence-corrected chi connectivity index (χ3v) is 7.14. The van der Waals surface area contributed by atoms with E-state index in [2.05, 4.69) is 20.5 Å². The highest BCUT2D eigenvalue weighted by Crippen LogP contribution is 2.38. The molecule has 1 aromatic carbocycles. The number of hydrogen-bond acceptors (Lipinski definition) is 7. The molecule has 2 atom stereocenters. The van der Waals surface area contributed by atoms with Crippen molar-refractivity contribution in [3.63, 3.8) is 0 Å². The van der Waals surface area contributed by atoms with E-state index >= 15 is 0 Å². The number of rotatable bonds is 4. The third kappa shape index (κ3) is 3.50. The molecule has 2 N–H and O–H groups in total. The van der Waals surface area contributed by atoms with Crippen molar-refractivity contribution < 1.29 is 17.9 Å². The number of aromatic nitrogens is 2. The Kier molecular flexibility index (Phi) is 4.62. The molecular weight excluding hydrogens is 406 g/mol. The highest BCUT2D eigenvalue weighted by molar-refractivity contribution is 7.90. The summed E-state index contributed by atoms with van der Waals surface area (Å²) >= 11 is 0. The van der Waals surface area contributed by atoms with E-state index in [9.17, 15) is 13.2 Å². The first-order chi connectivity index (χ1) is 14.4. The normalized spacial score (nSPS) is 23.4. The average molecular weight is 430 g/mol. The van der Waals surface area contributed by atoms with Gasteiger partial charge >= 0.3 is 6.03 Å². The predicted molar refractivity (Wildman–Crippen MR) is 112 cm³/mol. The first-order valence-electron chi connectivity index (χ1n) is 10.1. The Morgan fingerprint density at radius 3 is 2.70 bits per heavy atom. The van der Waals surface area contributed by atoms with Crippen LogP contribution in [0.25, 0.3) is 11.4 Å². The fraction of sp³-hybridized carbons (Fsp3) is 0.450. The zero-order valence-corrected chi connectivity index (χ0v) is 17.4. The molecule has 2 amide bonds. The van der Waals surface area contributed by atoms with Gasteiger partial charge in [-0.1, -0.05) is 0 Å². The van der Waals surface area contributed by atoms with Gasteiger partial charge in [0.05, 0.1) is 36.0 Å². The van der Waals surface area contributed by atoms with Crippen molar-refractivity contribution in [3.8, 4) is 11.4 Å². The Labute approximate surface area is 174 Å². The second-order valence-corrected chi connectivity index (χ2v) is 9.95. The van der Waals surface area contributed by atoms with Crippen LogP contribution in [0.15, 0.2) is 24.3 Å². The van der Waals surface area contributed by atoms with Crippen LogP contribution in [0.3, 0.4) is 0 Å². The zero-order chi connectivity index (χ0) is 20.9. The fourth-order valence-electron chi connectivity index (χ4n) is 4.33. The molecule has 0 radical (unpaired) electrons. The number of ether oxygens (including phenoxy) is 1. The number of sulfone groups is 1. The number of carbonyl (C=O) groups excluding carboxylic acids is 1. The maximum absolute atomic E-state index is 12.3. The van der Waals surface area contributed by atoms with E-state index in [1.807, 2.05) is 19.1 Å². The van der Waals surface area contributed by atoms with E-state index in [0.29, 0.717) is 30.4 Å². The summed E-state index contributed by atoms with van der Waals surface area (Å²) in [5.41, 5.74) is 2.73. The summed E-state index contributed by atoms with van der Waals surface area (Å²) in [5, 5.41) is 5.44. The zero-order valence-electron chi connectivity index (χ0n) is 16.6. The summed E-state index contributed by atoms with van der Waals surface area (Å²) in [6, 6.07) is 7.18. The highest BCUT2D eigenvalue weighted by Gasteiger charge is 2.42. The number of fused-ring (bicyclic) bond motifs is 3. The quantitative estimate of drug-likeness (QED) is 0.760. The van der Waals surface area contributed by atoms with Crippen LogP contribution in [0.4, 0.5) is 16.3 Å². The van der Waals surface area contributed by atoms with Gasteiger partial charge in [0, 0.05) is 29.9 Å². The van der Waals surface area contributed by atoms with Crippen LogP contribution in [0.2, 0.25) is 0 Å². The minimum atomic E-state index is -3.21. The first kappa shape index (κ1) is 19.3. The summed E-state index contributed by atoms with van der Waals surface area (Å²) < 4.78 is 30.3. The van der Waals surface area contributed by atoms with Gasteiger partial charge in [-0.15, -0.1) is 0 Å². The van der Waals surface area contributed by atoms with Crippen LogP contribution in [-0.4, -0.2) is 56.3 Å². The molecule has 4 heterocycles. The van der Waals surface area contributed by atoms with Gasteiger partial charge in [0.2, 0.25) is 0 Å². The Bertz CT molecular complexity index is 1100. The molecule has 10 heteroatoms. The molecule has 5 rings (SSSR count). The number of morpholine rings is 1. The number of nitrogens with zero attached hydrogens (tertiary/aromatic N) is 3. The van der Waals surface area contributed by atoms with Crippen LogP contribution in [0.1, 0.15) is 24.6 Å². The predicted octanol–water partition coefficient (Wildman–Crippen LogP) is 1.69. The minimum absolute atomic E-state index is 0.0118. The van der Waals surface area contributed by atoms with Crippen LogP contribution < -0.4 is 15.5 Å². The van der Waals surface area contributed by atoms with Crippen LogP contribution in [-0.2, 0) is 26.1 Å². The first-order valence-corrected chi connectivity index (χ1v) is 11.9. The Morgan fingerprint density at radius 1 is 1.23 bits per heavy atom. The largest absolute Gasteiger partial charge is 0.374 e. The molecule has 0 unspecified atom stereocenters. The van der Waals surface area contributed by atoms with Crippen molar-refractivity contribution in [2.45, 2.75) is 37.0 Å². The van der Waals surface area contributed by atoms with Gasteiger partial charge in [0.1, 0.15) is 5.82 Å². The number of hydrogen-bond donors (Lipinski definition) is 2. The van der Waals surface area contributed by atoms with Crippen LogP contribution >= 0.6 is 0 Å². The SMILES string of the molecule is CCNC(=O)Nc1ccc(-c2nc3c(c(N4C[C@@H]5C[C@H]4CO5)n2)CS(=O)(=O)C3)cc1. The molecule has 9 nitrogen and oxygen atoms in total. The third-order valence-electron chi connectivity index (χ3n) is 5.70. The molecule has 0 aliphatic carbocycles. The Balaban J connectivity index is 1.49. The molecule has 30 heavy (non-hydrogen) atoms. The van der Waals surface area contributed by atoms with Gasteiger partial charge in [-0.05, 0) is 37.6 Å². The van der Waals surface area contributed by atoms with E-state index in [1.165, 1.54) is 0 Å². The van der Waals surface area contributed by atoms with Gasteiger partial charge in [-0.3, -0.25) is 0 Å². The molecule has 2 aromatic rings. The lowest BCUT2D eigenvalue weighted by atomic mass is 10.1. The summed E-state index contributed by atoms with van der Waals surface area (Å²) in [4.78, 5) is 23.3. The van der Waals surface area contributed by atoms with Crippen molar-refractivity contribution >= 4 is 27.4 Å². The fourth-order valence-corrected chi connectivity index (χ4v) is 5.82. The average Bonchev–Trinajstić information content (AvgIpc) is 3.40. The van der Waals surface area contributed by atoms with Gasteiger partial charge in [0.25, 0.3) is 0 Å². The Morgan fingerprint density at radius 2 is 2.03 bits per heavy atom. The number of anilines is 2. The lowest BCUT2D eigenvalue weighted by molar-refractivity contribution is 0.0988. The summed E-state index contributed by atoms with van der Waals surface area (Å²) in [6.45, 7) is 3.76. The summed E-state index contributed by atoms with van der Waals surface area (Å²) in [7, 11) is -3.21. The van der Waals surface area contributed by atoms with E-state index in [4.69, 9.17) is 9.72 Å². The number of urea groups is 1. The summed E-state index contributed by atoms with van der Waals surface area (Å²) in [5.74, 6) is 1.15. The van der Waals surface area contributed by atoms with Crippen LogP contribution in [0.5, 0.6) is 0 Å². The minimum Gasteiger partial charge on any atom is -0.374 e. The monoisotopic (exact) mass is 429 g/mol. The number of carbonyl (C=O) groups is 1. The van der Waals surface area contributed by atoms with Gasteiger partial charge in [-0.2, -0.15) is 0 Å². The van der Waals surface area contributed by atoms with Crippen molar-refractivity contribution in [1.29, 1.82) is 0 Å². The molecule has 0 spiro atoms. The van der Waals surface area contributed by atoms with E-state index in [1.54, 1.807) is 12.1 Å². The van der Waals surface area contributed by atoms with Crippen molar-refractivity contribution in [2.24, 2.45) is 0 Å². The smallest absolute Gasteiger partial charge is 0.319 e. The molecule has 2 bridgehead atoms. The molecular formula is C20H23N5O4S. The lowest BCUT2D eigenvalue weighted by Crippen LogP contribution is -2.38. The second kappa shape index (κ2) is 7.21. The maximum Gasteiger partial charge on any atom is 0.319 e. The number of nitrogens with one attached hydrogen (secondary N) is 2. The number of amides is 2. The molecule has 1 aromatic heterocycles.